The summed E-state index contributed by atoms with van der Waals surface area (Å²) in [6.07, 6.45) is 3.18. The van der Waals surface area contributed by atoms with E-state index in [1.54, 1.807) is 0 Å². The first kappa shape index (κ1) is 11.8. The van der Waals surface area contributed by atoms with E-state index in [0.717, 1.165) is 24.5 Å². The number of hydrogen-bond acceptors (Lipinski definition) is 2. The summed E-state index contributed by atoms with van der Waals surface area (Å²) >= 11 is 0. The summed E-state index contributed by atoms with van der Waals surface area (Å²) in [5.41, 5.74) is 3.87. The molecule has 4 heteroatoms. The Morgan fingerprint density at radius 2 is 1.89 bits per heavy atom. The van der Waals surface area contributed by atoms with Gasteiger partial charge in [0.2, 0.25) is 12.5 Å². The van der Waals surface area contributed by atoms with Crippen molar-refractivity contribution in [3.63, 3.8) is 0 Å². The largest absolute Gasteiger partial charge is 1.00 e. The van der Waals surface area contributed by atoms with E-state index >= 15 is 0 Å². The van der Waals surface area contributed by atoms with E-state index in [0.29, 0.717) is 6.79 Å². The molecule has 0 saturated heterocycles. The van der Waals surface area contributed by atoms with Crippen molar-refractivity contribution in [3.8, 4) is 22.8 Å². The molecule has 2 aliphatic heterocycles. The minimum absolute atomic E-state index is 0. The molecule has 92 valence electrons. The van der Waals surface area contributed by atoms with Crippen molar-refractivity contribution in [1.29, 1.82) is 0 Å². The summed E-state index contributed by atoms with van der Waals surface area (Å²) in [6, 6.07) is 10.5. The first-order chi connectivity index (χ1) is 8.42. The predicted octanol–water partition coefficient (Wildman–Crippen LogP) is -1.07. The number of benzene rings is 1. The van der Waals surface area contributed by atoms with Crippen molar-refractivity contribution in [3.05, 3.63) is 42.1 Å². The predicted molar refractivity (Wildman–Crippen MR) is 61.9 cm³/mol. The van der Waals surface area contributed by atoms with Gasteiger partial charge >= 0.3 is 0 Å². The zero-order chi connectivity index (χ0) is 11.2. The molecule has 0 radical (unpaired) electrons. The third kappa shape index (κ3) is 1.67. The number of nitrogens with zero attached hydrogens (tertiary/aromatic N) is 1. The molecular weight excluding hydrogens is 341 g/mol. The molecule has 3 heterocycles. The molecule has 1 aromatic heterocycles. The molecule has 0 bridgehead atoms. The maximum absolute atomic E-state index is 5.45. The molecule has 1 aromatic carbocycles. The van der Waals surface area contributed by atoms with Gasteiger partial charge in [-0.05, 0) is 23.8 Å². The Morgan fingerprint density at radius 3 is 2.78 bits per heavy atom. The van der Waals surface area contributed by atoms with Gasteiger partial charge in [0.15, 0.2) is 24.2 Å². The molecule has 0 atom stereocenters. The summed E-state index contributed by atoms with van der Waals surface area (Å²) in [7, 11) is 0. The third-order valence-corrected chi connectivity index (χ3v) is 3.44. The molecule has 2 aromatic rings. The zero-order valence-electron chi connectivity index (χ0n) is 9.73. The van der Waals surface area contributed by atoms with Crippen LogP contribution in [0.1, 0.15) is 5.56 Å². The van der Waals surface area contributed by atoms with Gasteiger partial charge in [0, 0.05) is 18.6 Å². The van der Waals surface area contributed by atoms with Gasteiger partial charge in [0.05, 0.1) is 5.56 Å². The minimum atomic E-state index is 0. The smallest absolute Gasteiger partial charge is 0.231 e. The van der Waals surface area contributed by atoms with Crippen LogP contribution < -0.4 is 38.0 Å². The lowest BCUT2D eigenvalue weighted by atomic mass is 9.97. The number of hydrogen-bond donors (Lipinski definition) is 0. The van der Waals surface area contributed by atoms with Crippen LogP contribution in [0, 0.1) is 0 Å². The Labute approximate surface area is 122 Å². The topological polar surface area (TPSA) is 22.3 Å². The molecule has 0 aliphatic carbocycles. The number of aryl methyl sites for hydroxylation is 2. The van der Waals surface area contributed by atoms with E-state index in [1.807, 2.05) is 0 Å². The number of fused-ring (bicyclic) bond motifs is 4. The van der Waals surface area contributed by atoms with Crippen LogP contribution in [0.5, 0.6) is 11.5 Å². The zero-order valence-corrected chi connectivity index (χ0v) is 11.9. The molecule has 3 nitrogen and oxygen atoms in total. The monoisotopic (exact) mass is 353 g/mol. The van der Waals surface area contributed by atoms with Crippen LogP contribution in [0.2, 0.25) is 0 Å². The first-order valence-corrected chi connectivity index (χ1v) is 5.83. The highest BCUT2D eigenvalue weighted by atomic mass is 127. The van der Waals surface area contributed by atoms with E-state index in [9.17, 15) is 0 Å². The highest BCUT2D eigenvalue weighted by Crippen LogP contribution is 2.39. The second kappa shape index (κ2) is 4.42. The lowest BCUT2D eigenvalue weighted by Crippen LogP contribution is -3.00. The summed E-state index contributed by atoms with van der Waals surface area (Å²) in [4.78, 5) is 0. The van der Waals surface area contributed by atoms with Crippen LogP contribution >= 0.6 is 0 Å². The van der Waals surface area contributed by atoms with Crippen LogP contribution in [0.4, 0.5) is 0 Å². The Morgan fingerprint density at radius 1 is 1.06 bits per heavy atom. The van der Waals surface area contributed by atoms with Crippen molar-refractivity contribution in [1.82, 2.24) is 0 Å². The fraction of sp³-hybridized carbons (Fsp3) is 0.214. The van der Waals surface area contributed by atoms with Crippen molar-refractivity contribution < 1.29 is 38.0 Å². The molecular formula is C14H12INO2. The second-order valence-electron chi connectivity index (χ2n) is 4.39. The SMILES string of the molecule is [I-].c1cc[n+]2c(c1)-c1cc3c(cc1CC2)OCO3. The molecule has 0 saturated carbocycles. The van der Waals surface area contributed by atoms with Crippen molar-refractivity contribution in [2.24, 2.45) is 0 Å². The standard InChI is InChI=1S/C14H12NO2.HI/c1-2-5-15-6-4-10-7-13-14(17-9-16-13)8-11(10)12(15)3-1;/h1-3,5,7-8H,4,6,9H2;1H/q+1;/p-1. The van der Waals surface area contributed by atoms with E-state index in [4.69, 9.17) is 9.47 Å². The first-order valence-electron chi connectivity index (χ1n) is 5.83. The number of aromatic nitrogens is 1. The lowest BCUT2D eigenvalue weighted by molar-refractivity contribution is -0.687. The van der Waals surface area contributed by atoms with Gasteiger partial charge in [0.25, 0.3) is 0 Å². The third-order valence-electron chi connectivity index (χ3n) is 3.44. The number of ether oxygens (including phenoxy) is 2. The van der Waals surface area contributed by atoms with Gasteiger partial charge in [-0.3, -0.25) is 0 Å². The Kier molecular flexibility index (Phi) is 2.89. The number of rotatable bonds is 0. The summed E-state index contributed by atoms with van der Waals surface area (Å²) in [6.45, 7) is 1.37. The minimum Gasteiger partial charge on any atom is -1.00 e. The van der Waals surface area contributed by atoms with Crippen LogP contribution in [-0.2, 0) is 13.0 Å². The molecule has 0 unspecified atom stereocenters. The van der Waals surface area contributed by atoms with E-state index in [-0.39, 0.29) is 24.0 Å². The molecule has 0 amide bonds. The maximum Gasteiger partial charge on any atom is 0.231 e. The number of pyridine rings is 1. The fourth-order valence-corrected chi connectivity index (χ4v) is 2.59. The van der Waals surface area contributed by atoms with Gasteiger partial charge in [0.1, 0.15) is 0 Å². The van der Waals surface area contributed by atoms with Crippen molar-refractivity contribution in [2.45, 2.75) is 13.0 Å². The molecule has 2 aliphatic rings. The molecule has 4 rings (SSSR count). The highest BCUT2D eigenvalue weighted by molar-refractivity contribution is 5.67. The summed E-state index contributed by atoms with van der Waals surface area (Å²) in [5.74, 6) is 1.74. The number of halogens is 1. The summed E-state index contributed by atoms with van der Waals surface area (Å²) < 4.78 is 13.2. The normalized spacial score (nSPS) is 14.4. The van der Waals surface area contributed by atoms with E-state index in [1.165, 1.54) is 16.8 Å². The van der Waals surface area contributed by atoms with Crippen molar-refractivity contribution in [2.75, 3.05) is 6.79 Å². The Bertz CT molecular complexity index is 613. The van der Waals surface area contributed by atoms with E-state index < -0.39 is 0 Å². The van der Waals surface area contributed by atoms with Crippen molar-refractivity contribution >= 4 is 0 Å². The van der Waals surface area contributed by atoms with Gasteiger partial charge in [-0.15, -0.1) is 0 Å². The van der Waals surface area contributed by atoms with Crippen LogP contribution in [-0.4, -0.2) is 6.79 Å². The van der Waals surface area contributed by atoms with Gasteiger partial charge < -0.3 is 33.5 Å². The molecule has 18 heavy (non-hydrogen) atoms. The summed E-state index contributed by atoms with van der Waals surface area (Å²) in [5, 5.41) is 0. The van der Waals surface area contributed by atoms with Crippen LogP contribution in [0.25, 0.3) is 11.3 Å². The molecule has 0 spiro atoms. The average molecular weight is 353 g/mol. The maximum atomic E-state index is 5.45. The van der Waals surface area contributed by atoms with Gasteiger partial charge in [-0.25, -0.2) is 0 Å². The average Bonchev–Trinajstić information content (AvgIpc) is 2.83. The van der Waals surface area contributed by atoms with Crippen LogP contribution in [0.3, 0.4) is 0 Å². The van der Waals surface area contributed by atoms with Gasteiger partial charge in [-0.2, -0.15) is 4.57 Å². The molecule has 0 N–H and O–H groups in total. The Balaban J connectivity index is 0.000001000. The fourth-order valence-electron chi connectivity index (χ4n) is 2.59. The van der Waals surface area contributed by atoms with E-state index in [2.05, 4.69) is 41.1 Å². The molecule has 0 fully saturated rings. The van der Waals surface area contributed by atoms with Crippen LogP contribution in [0.15, 0.2) is 36.5 Å². The quantitative estimate of drug-likeness (QED) is 0.445. The highest BCUT2D eigenvalue weighted by Gasteiger charge is 2.26. The lowest BCUT2D eigenvalue weighted by Gasteiger charge is -2.14. The Hall–Kier alpha value is -1.30. The second-order valence-corrected chi connectivity index (χ2v) is 4.39. The van der Waals surface area contributed by atoms with Gasteiger partial charge in [-0.1, -0.05) is 0 Å².